The molecule has 1 saturated heterocycles. The highest BCUT2D eigenvalue weighted by atomic mass is 32.2. The number of amides is 1. The van der Waals surface area contributed by atoms with Gasteiger partial charge in [-0.2, -0.15) is 5.10 Å². The molecule has 2 atom stereocenters. The maximum Gasteiger partial charge on any atom is 0.229 e. The van der Waals surface area contributed by atoms with Crippen molar-refractivity contribution < 1.29 is 9.59 Å². The molecule has 1 fully saturated rings. The summed E-state index contributed by atoms with van der Waals surface area (Å²) in [6, 6.07) is 31.1. The monoisotopic (exact) mass is 594 g/mol. The fourth-order valence-electron chi connectivity index (χ4n) is 5.39. The lowest BCUT2D eigenvalue weighted by atomic mass is 9.84. The van der Waals surface area contributed by atoms with Gasteiger partial charge in [-0.1, -0.05) is 125 Å². The predicted molar refractivity (Wildman–Crippen MR) is 172 cm³/mol. The van der Waals surface area contributed by atoms with Gasteiger partial charge in [-0.05, 0) is 35.6 Å². The Kier molecular flexibility index (Phi) is 7.98. The van der Waals surface area contributed by atoms with Gasteiger partial charge in [0.1, 0.15) is 5.92 Å². The van der Waals surface area contributed by atoms with Gasteiger partial charge in [-0.25, -0.2) is 4.98 Å². The lowest BCUT2D eigenvalue weighted by molar-refractivity contribution is -0.140. The second kappa shape index (κ2) is 11.2. The van der Waals surface area contributed by atoms with Crippen LogP contribution >= 0.6 is 11.8 Å². The van der Waals surface area contributed by atoms with Crippen LogP contribution in [0.4, 0.5) is 0 Å². The summed E-state index contributed by atoms with van der Waals surface area (Å²) in [7, 11) is -2.40. The minimum absolute atomic E-state index is 0.00154. The van der Waals surface area contributed by atoms with Gasteiger partial charge in [0.05, 0.1) is 21.5 Å². The number of Topliss-reactive ketones (excluding diaryl/α,β-unsaturated/α-hetero) is 1. The van der Waals surface area contributed by atoms with Gasteiger partial charge in [0.25, 0.3) is 0 Å². The molecule has 0 bridgehead atoms. The summed E-state index contributed by atoms with van der Waals surface area (Å²) in [5.74, 6) is -1.43. The highest BCUT2D eigenvalue weighted by Gasteiger charge is 2.62. The number of aryl methyl sites for hydroxylation is 2. The summed E-state index contributed by atoms with van der Waals surface area (Å²) in [4.78, 5) is 32.8. The lowest BCUT2D eigenvalue weighted by Crippen LogP contribution is -2.73. The number of carbonyl (C=O) groups excluding carboxylic acids is 2. The average molecular weight is 595 g/mol. The van der Waals surface area contributed by atoms with Crippen LogP contribution in [0.25, 0.3) is 0 Å². The Bertz CT molecular complexity index is 1490. The molecule has 8 heteroatoms. The summed E-state index contributed by atoms with van der Waals surface area (Å²) >= 11 is 1.67. The smallest absolute Gasteiger partial charge is 0.229 e. The van der Waals surface area contributed by atoms with Crippen LogP contribution in [0.15, 0.2) is 91.0 Å². The second-order valence-corrected chi connectivity index (χ2v) is 18.9. The fraction of sp³-hybridized carbons (Fsp3) is 0.324. The van der Waals surface area contributed by atoms with Crippen LogP contribution in [0.5, 0.6) is 0 Å². The number of hydrogen-bond acceptors (Lipinski definition) is 6. The summed E-state index contributed by atoms with van der Waals surface area (Å²) in [5, 5.41) is 7.74. The molecular weight excluding hydrogens is 557 g/mol. The van der Waals surface area contributed by atoms with E-state index in [4.69, 9.17) is 0 Å². The number of nitrogens with zero attached hydrogens (tertiary/aromatic N) is 4. The van der Waals surface area contributed by atoms with E-state index in [1.54, 1.807) is 11.8 Å². The standard InChI is InChI=1S/C34H38N4O2SSi/c1-23-24(2)36-37-30(35-23)29(39)28-31(40)38(42(6,7)33(3,4)5)32(28)41-34(25-17-11-8-12-18-25,26-19-13-9-14-20-26)27-21-15-10-16-22-27/h8-22,28,32H,1-7H3. The maximum atomic E-state index is 14.2. The van der Waals surface area contributed by atoms with Crippen molar-refractivity contribution in [3.05, 3.63) is 125 Å². The topological polar surface area (TPSA) is 76.1 Å². The zero-order valence-electron chi connectivity index (χ0n) is 25.3. The molecule has 1 aromatic heterocycles. The molecule has 1 aliphatic rings. The molecule has 0 saturated carbocycles. The Morgan fingerprint density at radius 2 is 1.21 bits per heavy atom. The molecule has 42 heavy (non-hydrogen) atoms. The van der Waals surface area contributed by atoms with Crippen molar-refractivity contribution in [1.82, 2.24) is 19.7 Å². The average Bonchev–Trinajstić information content (AvgIpc) is 2.97. The summed E-state index contributed by atoms with van der Waals surface area (Å²) in [6.45, 7) is 14.6. The lowest BCUT2D eigenvalue weighted by Gasteiger charge is -2.59. The van der Waals surface area contributed by atoms with Crippen molar-refractivity contribution in [1.29, 1.82) is 0 Å². The Morgan fingerprint density at radius 3 is 1.62 bits per heavy atom. The summed E-state index contributed by atoms with van der Waals surface area (Å²) in [5.41, 5.74) is 4.54. The first-order chi connectivity index (χ1) is 19.9. The third kappa shape index (κ3) is 5.00. The molecule has 3 aromatic carbocycles. The predicted octanol–water partition coefficient (Wildman–Crippen LogP) is 7.19. The molecule has 0 radical (unpaired) electrons. The van der Waals surface area contributed by atoms with Crippen LogP contribution in [0.3, 0.4) is 0 Å². The first-order valence-electron chi connectivity index (χ1n) is 14.3. The molecule has 0 spiro atoms. The van der Waals surface area contributed by atoms with E-state index in [0.29, 0.717) is 11.4 Å². The minimum atomic E-state index is -2.40. The molecule has 2 heterocycles. The van der Waals surface area contributed by atoms with Crippen LogP contribution in [-0.2, 0) is 9.54 Å². The van der Waals surface area contributed by atoms with E-state index in [9.17, 15) is 9.59 Å². The van der Waals surface area contributed by atoms with E-state index in [-0.39, 0.29) is 22.6 Å². The Morgan fingerprint density at radius 1 is 0.762 bits per heavy atom. The number of aromatic nitrogens is 3. The van der Waals surface area contributed by atoms with Gasteiger partial charge >= 0.3 is 0 Å². The molecule has 216 valence electrons. The van der Waals surface area contributed by atoms with E-state index in [2.05, 4.69) is 90.0 Å². The number of β-lactam (4-membered cyclic amide) rings is 1. The van der Waals surface area contributed by atoms with Crippen LogP contribution < -0.4 is 0 Å². The van der Waals surface area contributed by atoms with Crippen LogP contribution in [0.2, 0.25) is 18.1 Å². The fourth-order valence-corrected chi connectivity index (χ4v) is 10.3. The molecule has 0 N–H and O–H groups in total. The molecule has 1 amide bonds. The van der Waals surface area contributed by atoms with Gasteiger partial charge in [0, 0.05) is 0 Å². The zero-order chi connectivity index (χ0) is 30.3. The van der Waals surface area contributed by atoms with Crippen molar-refractivity contribution in [2.75, 3.05) is 0 Å². The van der Waals surface area contributed by atoms with E-state index < -0.39 is 24.3 Å². The van der Waals surface area contributed by atoms with Crippen molar-refractivity contribution in [2.24, 2.45) is 5.92 Å². The zero-order valence-corrected chi connectivity index (χ0v) is 27.1. The second-order valence-electron chi connectivity index (χ2n) is 12.5. The molecular formula is C34H38N4O2SSi. The largest absolute Gasteiger partial charge is 0.356 e. The normalized spacial score (nSPS) is 17.6. The molecule has 1 aliphatic heterocycles. The summed E-state index contributed by atoms with van der Waals surface area (Å²) in [6.07, 6.45) is 0. The first-order valence-corrected chi connectivity index (χ1v) is 18.1. The van der Waals surface area contributed by atoms with E-state index >= 15 is 0 Å². The van der Waals surface area contributed by atoms with Gasteiger partial charge < -0.3 is 4.57 Å². The van der Waals surface area contributed by atoms with E-state index in [0.717, 1.165) is 16.7 Å². The number of rotatable bonds is 8. The first kappa shape index (κ1) is 29.9. The number of carbonyl (C=O) groups is 2. The van der Waals surface area contributed by atoms with Crippen molar-refractivity contribution in [2.45, 2.75) is 62.9 Å². The third-order valence-electron chi connectivity index (χ3n) is 8.91. The maximum absolute atomic E-state index is 14.2. The number of hydrogen-bond donors (Lipinski definition) is 0. The van der Waals surface area contributed by atoms with Crippen molar-refractivity contribution in [3.63, 3.8) is 0 Å². The van der Waals surface area contributed by atoms with Gasteiger partial charge in [-0.15, -0.1) is 16.9 Å². The molecule has 6 nitrogen and oxygen atoms in total. The minimum Gasteiger partial charge on any atom is -0.356 e. The van der Waals surface area contributed by atoms with Crippen LogP contribution in [-0.4, -0.2) is 45.0 Å². The number of benzene rings is 3. The highest BCUT2D eigenvalue weighted by molar-refractivity contribution is 8.01. The van der Waals surface area contributed by atoms with Gasteiger partial charge in [-0.3, -0.25) is 9.59 Å². The quantitative estimate of drug-likeness (QED) is 0.0707. The molecule has 2 unspecified atom stereocenters. The highest BCUT2D eigenvalue weighted by Crippen LogP contribution is 2.57. The van der Waals surface area contributed by atoms with E-state index in [1.165, 1.54) is 0 Å². The van der Waals surface area contributed by atoms with Gasteiger partial charge in [0.2, 0.25) is 17.5 Å². The molecule has 4 aromatic rings. The van der Waals surface area contributed by atoms with Gasteiger partial charge in [0.15, 0.2) is 8.24 Å². The van der Waals surface area contributed by atoms with Crippen molar-refractivity contribution in [3.8, 4) is 0 Å². The number of ketones is 1. The Hall–Kier alpha value is -3.62. The molecule has 5 rings (SSSR count). The van der Waals surface area contributed by atoms with E-state index in [1.807, 2.05) is 68.4 Å². The Balaban J connectivity index is 1.73. The van der Waals surface area contributed by atoms with Crippen LogP contribution in [0.1, 0.15) is 59.5 Å². The summed E-state index contributed by atoms with van der Waals surface area (Å²) < 4.78 is 1.36. The van der Waals surface area contributed by atoms with Crippen molar-refractivity contribution >= 4 is 31.7 Å². The van der Waals surface area contributed by atoms with Crippen LogP contribution in [0, 0.1) is 19.8 Å². The number of thioether (sulfide) groups is 1. The third-order valence-corrected chi connectivity index (χ3v) is 16.3. The Labute approximate surface area is 254 Å². The SMILES string of the molecule is Cc1nnc(C(=O)C2C(=O)N([Si](C)(C)C(C)(C)C)C2SC(c2ccccc2)(c2ccccc2)c2ccccc2)nc1C. The molecule has 0 aliphatic carbocycles.